The van der Waals surface area contributed by atoms with Crippen LogP contribution in [0.4, 0.5) is 4.79 Å². The topological polar surface area (TPSA) is 95.7 Å². The van der Waals surface area contributed by atoms with Crippen LogP contribution in [0.2, 0.25) is 0 Å². The summed E-state index contributed by atoms with van der Waals surface area (Å²) < 4.78 is 0. The fraction of sp³-hybridized carbons (Fsp3) is 0.571. The van der Waals surface area contributed by atoms with Crippen molar-refractivity contribution < 1.29 is 14.4 Å². The summed E-state index contributed by atoms with van der Waals surface area (Å²) in [5.41, 5.74) is 6.25. The summed E-state index contributed by atoms with van der Waals surface area (Å²) in [5.74, 6) is 0.105. The predicted molar refractivity (Wildman–Crippen MR) is 106 cm³/mol. The van der Waals surface area contributed by atoms with E-state index >= 15 is 0 Å². The maximum Gasteiger partial charge on any atom is 0.312 e. The Hall–Kier alpha value is -2.57. The Morgan fingerprint density at radius 2 is 1.61 bits per heavy atom. The van der Waals surface area contributed by atoms with Gasteiger partial charge < -0.3 is 20.9 Å². The smallest absolute Gasteiger partial charge is 0.312 e. The second-order valence-corrected chi connectivity index (χ2v) is 7.74. The van der Waals surface area contributed by atoms with E-state index in [2.05, 4.69) is 5.32 Å². The van der Waals surface area contributed by atoms with E-state index in [1.807, 2.05) is 35.2 Å². The Kier molecular flexibility index (Phi) is 6.90. The zero-order chi connectivity index (χ0) is 19.9. The van der Waals surface area contributed by atoms with Crippen molar-refractivity contribution in [3.63, 3.8) is 0 Å². The maximum atomic E-state index is 13.0. The highest BCUT2D eigenvalue weighted by atomic mass is 16.2. The first-order valence-electron chi connectivity index (χ1n) is 10.2. The van der Waals surface area contributed by atoms with Gasteiger partial charge in [-0.2, -0.15) is 0 Å². The number of likely N-dealkylation sites (tertiary alicyclic amines) is 2. The summed E-state index contributed by atoms with van der Waals surface area (Å²) >= 11 is 0. The lowest BCUT2D eigenvalue weighted by Crippen LogP contribution is -2.53. The molecule has 3 N–H and O–H groups in total. The summed E-state index contributed by atoms with van der Waals surface area (Å²) in [6.45, 7) is 2.79. The van der Waals surface area contributed by atoms with Crippen molar-refractivity contribution in [3.05, 3.63) is 35.9 Å². The van der Waals surface area contributed by atoms with Crippen LogP contribution in [-0.4, -0.2) is 59.9 Å². The van der Waals surface area contributed by atoms with E-state index in [1.165, 1.54) is 6.42 Å². The largest absolute Gasteiger partial charge is 0.352 e. The Morgan fingerprint density at radius 1 is 0.964 bits per heavy atom. The van der Waals surface area contributed by atoms with Crippen LogP contribution < -0.4 is 11.1 Å². The molecular weight excluding hydrogens is 356 g/mol. The third-order valence-corrected chi connectivity index (χ3v) is 5.72. The van der Waals surface area contributed by atoms with Crippen molar-refractivity contribution in [3.8, 4) is 0 Å². The van der Waals surface area contributed by atoms with E-state index in [9.17, 15) is 14.4 Å². The van der Waals surface area contributed by atoms with Gasteiger partial charge in [-0.25, -0.2) is 4.79 Å². The van der Waals surface area contributed by atoms with Gasteiger partial charge in [-0.1, -0.05) is 30.3 Å². The van der Waals surface area contributed by atoms with Crippen molar-refractivity contribution in [2.24, 2.45) is 11.7 Å². The quantitative estimate of drug-likeness (QED) is 0.803. The molecule has 2 fully saturated rings. The highest BCUT2D eigenvalue weighted by Crippen LogP contribution is 2.22. The zero-order valence-corrected chi connectivity index (χ0v) is 16.3. The van der Waals surface area contributed by atoms with Crippen LogP contribution in [0.25, 0.3) is 0 Å². The van der Waals surface area contributed by atoms with Crippen molar-refractivity contribution in [2.45, 2.75) is 44.6 Å². The molecule has 1 atom stereocenters. The van der Waals surface area contributed by atoms with Gasteiger partial charge >= 0.3 is 6.03 Å². The van der Waals surface area contributed by atoms with Crippen molar-refractivity contribution in [1.29, 1.82) is 0 Å². The number of carbonyl (C=O) groups is 3. The third kappa shape index (κ3) is 5.24. The van der Waals surface area contributed by atoms with Crippen LogP contribution in [-0.2, 0) is 16.0 Å². The number of nitrogens with two attached hydrogens (primary N) is 1. The normalized spacial score (nSPS) is 19.1. The molecule has 2 saturated heterocycles. The van der Waals surface area contributed by atoms with E-state index in [-0.39, 0.29) is 17.7 Å². The molecular formula is C21H30N4O3. The second-order valence-electron chi connectivity index (χ2n) is 7.74. The van der Waals surface area contributed by atoms with Gasteiger partial charge in [0.25, 0.3) is 0 Å². The Bertz CT molecular complexity index is 680. The van der Waals surface area contributed by atoms with Gasteiger partial charge in [0.2, 0.25) is 11.8 Å². The number of nitrogens with one attached hydrogen (secondary N) is 1. The first-order valence-corrected chi connectivity index (χ1v) is 10.2. The Balaban J connectivity index is 1.56. The molecule has 152 valence electrons. The fourth-order valence-electron chi connectivity index (χ4n) is 4.16. The van der Waals surface area contributed by atoms with Gasteiger partial charge in [-0.05, 0) is 37.7 Å². The molecule has 0 aliphatic carbocycles. The van der Waals surface area contributed by atoms with Crippen LogP contribution in [0, 0.1) is 5.92 Å². The van der Waals surface area contributed by atoms with E-state index in [0.717, 1.165) is 31.5 Å². The molecule has 7 heteroatoms. The number of piperidine rings is 2. The summed E-state index contributed by atoms with van der Waals surface area (Å²) in [6, 6.07) is 8.17. The Labute approximate surface area is 166 Å². The first kappa shape index (κ1) is 20.2. The van der Waals surface area contributed by atoms with E-state index in [0.29, 0.717) is 32.4 Å². The molecule has 0 aromatic heterocycles. The van der Waals surface area contributed by atoms with E-state index in [1.54, 1.807) is 4.90 Å². The molecule has 1 unspecified atom stereocenters. The summed E-state index contributed by atoms with van der Waals surface area (Å²) in [5, 5.41) is 2.58. The molecule has 0 bridgehead atoms. The molecule has 0 spiro atoms. The summed E-state index contributed by atoms with van der Waals surface area (Å²) in [6.07, 6.45) is 5.12. The number of primary amides is 1. The lowest BCUT2D eigenvalue weighted by Gasteiger charge is -2.36. The molecule has 3 rings (SSSR count). The van der Waals surface area contributed by atoms with E-state index < -0.39 is 12.1 Å². The molecule has 0 radical (unpaired) electrons. The molecule has 1 aromatic rings. The fourth-order valence-corrected chi connectivity index (χ4v) is 4.16. The molecule has 28 heavy (non-hydrogen) atoms. The van der Waals surface area contributed by atoms with Crippen LogP contribution in [0.15, 0.2) is 30.3 Å². The minimum atomic E-state index is -0.704. The van der Waals surface area contributed by atoms with Crippen LogP contribution in [0.1, 0.15) is 37.7 Å². The number of carbonyl (C=O) groups excluding carboxylic acids is 3. The van der Waals surface area contributed by atoms with Gasteiger partial charge in [0.05, 0.1) is 0 Å². The first-order chi connectivity index (χ1) is 13.5. The monoisotopic (exact) mass is 386 g/mol. The SMILES string of the molecule is NC(=O)NC(Cc1ccccc1)C(=O)N1CCC(C(=O)N2CCCCC2)CC1. The lowest BCUT2D eigenvalue weighted by atomic mass is 9.93. The van der Waals surface area contributed by atoms with Crippen LogP contribution in [0.3, 0.4) is 0 Å². The van der Waals surface area contributed by atoms with Gasteiger partial charge in [0, 0.05) is 38.5 Å². The average Bonchev–Trinajstić information content (AvgIpc) is 2.73. The van der Waals surface area contributed by atoms with Crippen molar-refractivity contribution in [2.75, 3.05) is 26.2 Å². The number of hydrogen-bond donors (Lipinski definition) is 2. The van der Waals surface area contributed by atoms with Crippen LogP contribution in [0.5, 0.6) is 0 Å². The maximum absolute atomic E-state index is 13.0. The highest BCUT2D eigenvalue weighted by molar-refractivity contribution is 5.87. The lowest BCUT2D eigenvalue weighted by molar-refractivity contribution is -0.142. The number of rotatable bonds is 5. The Morgan fingerprint density at radius 3 is 2.21 bits per heavy atom. The number of hydrogen-bond acceptors (Lipinski definition) is 3. The third-order valence-electron chi connectivity index (χ3n) is 5.72. The molecule has 2 aliphatic heterocycles. The minimum absolute atomic E-state index is 0.00109. The molecule has 1 aromatic carbocycles. The van der Waals surface area contributed by atoms with E-state index in [4.69, 9.17) is 5.73 Å². The van der Waals surface area contributed by atoms with Crippen LogP contribution >= 0.6 is 0 Å². The molecule has 0 saturated carbocycles. The van der Waals surface area contributed by atoms with Gasteiger partial charge in [0.15, 0.2) is 0 Å². The van der Waals surface area contributed by atoms with Gasteiger partial charge in [-0.15, -0.1) is 0 Å². The highest BCUT2D eigenvalue weighted by Gasteiger charge is 2.33. The summed E-state index contributed by atoms with van der Waals surface area (Å²) in [4.78, 5) is 40.8. The number of amides is 4. The minimum Gasteiger partial charge on any atom is -0.352 e. The second kappa shape index (κ2) is 9.57. The van der Waals surface area contributed by atoms with Gasteiger partial charge in [0.1, 0.15) is 6.04 Å². The standard InChI is InChI=1S/C21H30N4O3/c22-21(28)23-18(15-16-7-3-1-4-8-16)20(27)25-13-9-17(10-14-25)19(26)24-11-5-2-6-12-24/h1,3-4,7-8,17-18H,2,5-6,9-15H2,(H3,22,23,28). The van der Waals surface area contributed by atoms with Crippen molar-refractivity contribution in [1.82, 2.24) is 15.1 Å². The molecule has 7 nitrogen and oxygen atoms in total. The average molecular weight is 386 g/mol. The molecule has 2 heterocycles. The predicted octanol–water partition coefficient (Wildman–Crippen LogP) is 1.52. The molecule has 4 amide bonds. The number of benzene rings is 1. The zero-order valence-electron chi connectivity index (χ0n) is 16.3. The van der Waals surface area contributed by atoms with Crippen molar-refractivity contribution >= 4 is 17.8 Å². The number of nitrogens with zero attached hydrogens (tertiary/aromatic N) is 2. The molecule has 2 aliphatic rings. The van der Waals surface area contributed by atoms with Gasteiger partial charge in [-0.3, -0.25) is 9.59 Å². The number of urea groups is 1. The summed E-state index contributed by atoms with van der Waals surface area (Å²) in [7, 11) is 0.